The van der Waals surface area contributed by atoms with E-state index >= 15 is 0 Å². The Morgan fingerprint density at radius 3 is 2.83 bits per heavy atom. The molecule has 0 fully saturated rings. The minimum atomic E-state index is -0.538. The third-order valence-corrected chi connectivity index (χ3v) is 2.87. The van der Waals surface area contributed by atoms with Gasteiger partial charge in [-0.15, -0.1) is 0 Å². The molecular weight excluding hydrogens is 300 g/mol. The molecule has 0 radical (unpaired) electrons. The summed E-state index contributed by atoms with van der Waals surface area (Å²) in [5.41, 5.74) is 1.87. The lowest BCUT2D eigenvalue weighted by atomic mass is 10.1. The third kappa shape index (κ3) is 5.14. The van der Waals surface area contributed by atoms with Gasteiger partial charge in [-0.1, -0.05) is 0 Å². The molecule has 126 valence electrons. The molecule has 1 aromatic carbocycles. The zero-order chi connectivity index (χ0) is 16.9. The number of methoxy groups -OCH3 is 1. The fraction of sp³-hybridized carbons (Fsp3) is 0.500. The number of fused-ring (bicyclic) bond motifs is 1. The molecule has 0 aromatic heterocycles. The molecule has 0 unspecified atom stereocenters. The molecule has 1 heterocycles. The number of rotatable bonds is 5. The number of carbonyl (C=O) groups excluding carboxylic acids is 1. The summed E-state index contributed by atoms with van der Waals surface area (Å²) < 4.78 is 15.6. The van der Waals surface area contributed by atoms with E-state index in [1.807, 2.05) is 32.9 Å². The van der Waals surface area contributed by atoms with E-state index in [0.717, 1.165) is 11.1 Å². The molecule has 7 heteroatoms. The second kappa shape index (κ2) is 7.32. The van der Waals surface area contributed by atoms with Gasteiger partial charge in [0, 0.05) is 23.9 Å². The van der Waals surface area contributed by atoms with Crippen LogP contribution in [-0.2, 0) is 25.7 Å². The van der Waals surface area contributed by atoms with E-state index in [0.29, 0.717) is 31.4 Å². The molecule has 0 bridgehead atoms. The predicted octanol–water partition coefficient (Wildman–Crippen LogP) is 2.89. The SMILES string of the molecule is COCCO/N=C1\OCc2cc(NC(=O)OC(C)(C)C)ccc21. The van der Waals surface area contributed by atoms with Gasteiger partial charge in [-0.3, -0.25) is 5.32 Å². The van der Waals surface area contributed by atoms with Gasteiger partial charge in [-0.2, -0.15) is 0 Å². The van der Waals surface area contributed by atoms with Gasteiger partial charge < -0.3 is 19.0 Å². The number of hydrogen-bond donors (Lipinski definition) is 1. The van der Waals surface area contributed by atoms with Crippen molar-refractivity contribution in [1.82, 2.24) is 0 Å². The predicted molar refractivity (Wildman–Crippen MR) is 85.5 cm³/mol. The number of ether oxygens (including phenoxy) is 3. The number of oxime groups is 1. The van der Waals surface area contributed by atoms with Crippen LogP contribution in [0.2, 0.25) is 0 Å². The Morgan fingerprint density at radius 1 is 1.35 bits per heavy atom. The molecule has 2 rings (SSSR count). The second-order valence-corrected chi connectivity index (χ2v) is 6.01. The number of amides is 1. The Bertz CT molecular complexity index is 593. The minimum absolute atomic E-state index is 0.358. The summed E-state index contributed by atoms with van der Waals surface area (Å²) >= 11 is 0. The van der Waals surface area contributed by atoms with Crippen molar-refractivity contribution in [2.45, 2.75) is 33.0 Å². The Balaban J connectivity index is 2.00. The topological polar surface area (TPSA) is 78.4 Å². The van der Waals surface area contributed by atoms with Crippen molar-refractivity contribution in [2.75, 3.05) is 25.6 Å². The molecule has 0 spiro atoms. The van der Waals surface area contributed by atoms with Crippen molar-refractivity contribution in [1.29, 1.82) is 0 Å². The van der Waals surface area contributed by atoms with Crippen LogP contribution in [0.4, 0.5) is 10.5 Å². The number of carbonyl (C=O) groups is 1. The fourth-order valence-corrected chi connectivity index (χ4v) is 1.95. The minimum Gasteiger partial charge on any atom is -0.470 e. The number of hydrogen-bond acceptors (Lipinski definition) is 6. The summed E-state index contributed by atoms with van der Waals surface area (Å²) in [6.45, 7) is 6.64. The lowest BCUT2D eigenvalue weighted by Gasteiger charge is -2.19. The van der Waals surface area contributed by atoms with E-state index in [1.165, 1.54) is 0 Å². The number of benzene rings is 1. The Labute approximate surface area is 135 Å². The van der Waals surface area contributed by atoms with Gasteiger partial charge in [0.1, 0.15) is 18.8 Å². The van der Waals surface area contributed by atoms with Crippen LogP contribution in [0.25, 0.3) is 0 Å². The van der Waals surface area contributed by atoms with Gasteiger partial charge in [-0.05, 0) is 44.1 Å². The Hall–Kier alpha value is -2.28. The molecule has 0 saturated carbocycles. The van der Waals surface area contributed by atoms with Crippen LogP contribution in [0.1, 0.15) is 31.9 Å². The van der Waals surface area contributed by atoms with E-state index in [-0.39, 0.29) is 0 Å². The maximum absolute atomic E-state index is 11.8. The second-order valence-electron chi connectivity index (χ2n) is 6.01. The van der Waals surface area contributed by atoms with Crippen LogP contribution >= 0.6 is 0 Å². The van der Waals surface area contributed by atoms with Crippen molar-refractivity contribution in [3.8, 4) is 0 Å². The molecule has 1 N–H and O–H groups in total. The maximum Gasteiger partial charge on any atom is 0.412 e. The summed E-state index contributed by atoms with van der Waals surface area (Å²) in [6, 6.07) is 5.42. The molecular formula is C16H22N2O5. The number of nitrogens with one attached hydrogen (secondary N) is 1. The zero-order valence-corrected chi connectivity index (χ0v) is 13.8. The van der Waals surface area contributed by atoms with E-state index in [1.54, 1.807) is 13.2 Å². The summed E-state index contributed by atoms with van der Waals surface area (Å²) in [7, 11) is 1.59. The van der Waals surface area contributed by atoms with Crippen LogP contribution < -0.4 is 5.32 Å². The van der Waals surface area contributed by atoms with Gasteiger partial charge in [0.2, 0.25) is 0 Å². The molecule has 1 aliphatic heterocycles. The van der Waals surface area contributed by atoms with Crippen molar-refractivity contribution in [3.63, 3.8) is 0 Å². The lowest BCUT2D eigenvalue weighted by molar-refractivity contribution is 0.0636. The summed E-state index contributed by atoms with van der Waals surface area (Å²) in [5.74, 6) is 0.430. The largest absolute Gasteiger partial charge is 0.470 e. The van der Waals surface area contributed by atoms with Crippen LogP contribution in [-0.4, -0.2) is 37.9 Å². The van der Waals surface area contributed by atoms with Crippen LogP contribution in [0, 0.1) is 0 Å². The van der Waals surface area contributed by atoms with Crippen molar-refractivity contribution in [3.05, 3.63) is 29.3 Å². The van der Waals surface area contributed by atoms with Gasteiger partial charge in [0.05, 0.1) is 6.61 Å². The monoisotopic (exact) mass is 322 g/mol. The highest BCUT2D eigenvalue weighted by Gasteiger charge is 2.21. The average molecular weight is 322 g/mol. The molecule has 1 aromatic rings. The third-order valence-electron chi connectivity index (χ3n) is 2.87. The average Bonchev–Trinajstić information content (AvgIpc) is 2.84. The Morgan fingerprint density at radius 2 is 2.13 bits per heavy atom. The molecule has 0 atom stereocenters. The number of nitrogens with zero attached hydrogens (tertiary/aromatic N) is 1. The standard InChI is InChI=1S/C16H22N2O5/c1-16(2,3)23-15(19)17-12-5-6-13-11(9-12)10-21-14(13)18-22-8-7-20-4/h5-6,9H,7-8,10H2,1-4H3,(H,17,19)/b18-14-. The van der Waals surface area contributed by atoms with Gasteiger partial charge >= 0.3 is 6.09 Å². The van der Waals surface area contributed by atoms with Crippen molar-refractivity contribution in [2.24, 2.45) is 5.16 Å². The quantitative estimate of drug-likeness (QED) is 0.666. The van der Waals surface area contributed by atoms with Crippen molar-refractivity contribution >= 4 is 17.7 Å². The van der Waals surface area contributed by atoms with Crippen molar-refractivity contribution < 1.29 is 23.8 Å². The lowest BCUT2D eigenvalue weighted by Crippen LogP contribution is -2.27. The number of anilines is 1. The van der Waals surface area contributed by atoms with Gasteiger partial charge in [0.25, 0.3) is 5.90 Å². The molecule has 1 aliphatic rings. The van der Waals surface area contributed by atoms with Gasteiger partial charge in [-0.25, -0.2) is 4.79 Å². The Kier molecular flexibility index (Phi) is 5.44. The summed E-state index contributed by atoms with van der Waals surface area (Å²) in [6.07, 6.45) is -0.492. The van der Waals surface area contributed by atoms with E-state index in [9.17, 15) is 4.79 Å². The summed E-state index contributed by atoms with van der Waals surface area (Å²) in [4.78, 5) is 16.9. The highest BCUT2D eigenvalue weighted by molar-refractivity contribution is 5.98. The first-order valence-corrected chi connectivity index (χ1v) is 7.34. The van der Waals surface area contributed by atoms with Crippen LogP contribution in [0.3, 0.4) is 0 Å². The first-order valence-electron chi connectivity index (χ1n) is 7.34. The normalized spacial score (nSPS) is 15.0. The maximum atomic E-state index is 11.8. The molecule has 23 heavy (non-hydrogen) atoms. The molecule has 0 saturated heterocycles. The fourth-order valence-electron chi connectivity index (χ4n) is 1.95. The van der Waals surface area contributed by atoms with E-state index in [2.05, 4.69) is 10.5 Å². The zero-order valence-electron chi connectivity index (χ0n) is 13.8. The smallest absolute Gasteiger partial charge is 0.412 e. The van der Waals surface area contributed by atoms with Crippen LogP contribution in [0.15, 0.2) is 23.4 Å². The van der Waals surface area contributed by atoms with E-state index < -0.39 is 11.7 Å². The molecule has 1 amide bonds. The van der Waals surface area contributed by atoms with Gasteiger partial charge in [0.15, 0.2) is 0 Å². The molecule has 0 aliphatic carbocycles. The first-order chi connectivity index (χ1) is 10.9. The molecule has 7 nitrogen and oxygen atoms in total. The van der Waals surface area contributed by atoms with Crippen LogP contribution in [0.5, 0.6) is 0 Å². The highest BCUT2D eigenvalue weighted by Crippen LogP contribution is 2.24. The highest BCUT2D eigenvalue weighted by atomic mass is 16.7. The van der Waals surface area contributed by atoms with E-state index in [4.69, 9.17) is 19.0 Å². The first kappa shape index (κ1) is 17.1. The summed E-state index contributed by atoms with van der Waals surface area (Å²) in [5, 5.41) is 6.64.